The Hall–Kier alpha value is -1.46. The van der Waals surface area contributed by atoms with Gasteiger partial charge in [-0.3, -0.25) is 4.98 Å². The summed E-state index contributed by atoms with van der Waals surface area (Å²) in [4.78, 5) is 8.90. The number of pyridine rings is 1. The van der Waals surface area contributed by atoms with Gasteiger partial charge in [0.2, 0.25) is 0 Å². The molecule has 2 heterocycles. The molecule has 0 aliphatic rings. The van der Waals surface area contributed by atoms with Crippen LogP contribution in [0, 0.1) is 13.8 Å². The van der Waals surface area contributed by atoms with Crippen molar-refractivity contribution in [3.05, 3.63) is 39.6 Å². The molecule has 2 aromatic rings. The molecule has 0 saturated carbocycles. The number of rotatable bonds is 6. The first-order valence-corrected chi connectivity index (χ1v) is 7.67. The van der Waals surface area contributed by atoms with E-state index in [1.54, 1.807) is 18.4 Å². The standard InChI is InChI=1S/C15H21N3OS/c1-5-12(15-16-6-7-20-15)18-9-13-11(3)14(19-4)10(2)8-17-13/h6-8,12,18H,5,9H2,1-4H3. The summed E-state index contributed by atoms with van der Waals surface area (Å²) >= 11 is 1.69. The molecule has 1 atom stereocenters. The van der Waals surface area contributed by atoms with E-state index in [0.717, 1.165) is 40.5 Å². The molecule has 20 heavy (non-hydrogen) atoms. The Balaban J connectivity index is 2.11. The van der Waals surface area contributed by atoms with Crippen molar-refractivity contribution >= 4 is 11.3 Å². The Morgan fingerprint density at radius 2 is 2.15 bits per heavy atom. The lowest BCUT2D eigenvalue weighted by atomic mass is 10.1. The lowest BCUT2D eigenvalue weighted by Crippen LogP contribution is -2.21. The molecular weight excluding hydrogens is 270 g/mol. The van der Waals surface area contributed by atoms with Gasteiger partial charge in [0, 0.05) is 35.4 Å². The maximum Gasteiger partial charge on any atom is 0.128 e. The zero-order valence-electron chi connectivity index (χ0n) is 12.4. The third kappa shape index (κ3) is 3.16. The number of ether oxygens (including phenoxy) is 1. The van der Waals surface area contributed by atoms with Crippen molar-refractivity contribution in [3.63, 3.8) is 0 Å². The highest BCUT2D eigenvalue weighted by atomic mass is 32.1. The SMILES string of the molecule is CCC(NCc1ncc(C)c(OC)c1C)c1nccs1. The van der Waals surface area contributed by atoms with Gasteiger partial charge in [-0.2, -0.15) is 0 Å². The van der Waals surface area contributed by atoms with Crippen LogP contribution < -0.4 is 10.1 Å². The summed E-state index contributed by atoms with van der Waals surface area (Å²) in [7, 11) is 1.71. The average Bonchev–Trinajstić information content (AvgIpc) is 2.96. The van der Waals surface area contributed by atoms with Crippen molar-refractivity contribution in [1.29, 1.82) is 0 Å². The quantitative estimate of drug-likeness (QED) is 0.886. The fourth-order valence-electron chi connectivity index (χ4n) is 2.28. The summed E-state index contributed by atoms with van der Waals surface area (Å²) in [6.45, 7) is 6.95. The molecule has 2 rings (SSSR count). The van der Waals surface area contributed by atoms with E-state index in [0.29, 0.717) is 0 Å². The molecule has 5 heteroatoms. The van der Waals surface area contributed by atoms with E-state index in [1.807, 2.05) is 24.7 Å². The molecule has 0 aromatic carbocycles. The molecule has 0 aliphatic carbocycles. The maximum atomic E-state index is 5.44. The van der Waals surface area contributed by atoms with Crippen molar-refractivity contribution in [2.45, 2.75) is 39.8 Å². The first-order chi connectivity index (χ1) is 9.67. The van der Waals surface area contributed by atoms with Gasteiger partial charge >= 0.3 is 0 Å². The van der Waals surface area contributed by atoms with Crippen molar-refractivity contribution in [2.24, 2.45) is 0 Å². The van der Waals surface area contributed by atoms with Crippen molar-refractivity contribution in [1.82, 2.24) is 15.3 Å². The number of aryl methyl sites for hydroxylation is 1. The van der Waals surface area contributed by atoms with Crippen LogP contribution in [0.25, 0.3) is 0 Å². The zero-order valence-corrected chi connectivity index (χ0v) is 13.3. The second-order valence-electron chi connectivity index (χ2n) is 4.76. The third-order valence-electron chi connectivity index (χ3n) is 3.42. The number of aromatic nitrogens is 2. The topological polar surface area (TPSA) is 47.0 Å². The van der Waals surface area contributed by atoms with Crippen LogP contribution in [0.3, 0.4) is 0 Å². The number of thiazole rings is 1. The van der Waals surface area contributed by atoms with E-state index in [4.69, 9.17) is 4.74 Å². The summed E-state index contributed by atoms with van der Waals surface area (Å²) < 4.78 is 5.44. The van der Waals surface area contributed by atoms with Crippen molar-refractivity contribution in [2.75, 3.05) is 7.11 Å². The summed E-state index contributed by atoms with van der Waals surface area (Å²) in [5.41, 5.74) is 3.21. The van der Waals surface area contributed by atoms with Crippen LogP contribution in [0.4, 0.5) is 0 Å². The lowest BCUT2D eigenvalue weighted by molar-refractivity contribution is 0.405. The van der Waals surface area contributed by atoms with E-state index in [9.17, 15) is 0 Å². The van der Waals surface area contributed by atoms with E-state index >= 15 is 0 Å². The predicted molar refractivity (Wildman–Crippen MR) is 82.2 cm³/mol. The fraction of sp³-hybridized carbons (Fsp3) is 0.467. The molecule has 0 spiro atoms. The summed E-state index contributed by atoms with van der Waals surface area (Å²) in [5, 5.41) is 6.67. The van der Waals surface area contributed by atoms with E-state index in [1.165, 1.54) is 0 Å². The Kier molecular flexibility index (Phi) is 5.09. The number of hydrogen-bond acceptors (Lipinski definition) is 5. The van der Waals surface area contributed by atoms with E-state index < -0.39 is 0 Å². The summed E-state index contributed by atoms with van der Waals surface area (Å²) in [6.07, 6.45) is 4.73. The maximum absolute atomic E-state index is 5.44. The number of hydrogen-bond donors (Lipinski definition) is 1. The predicted octanol–water partition coefficient (Wildman–Crippen LogP) is 3.40. The normalized spacial score (nSPS) is 12.4. The van der Waals surface area contributed by atoms with Gasteiger partial charge in [0.1, 0.15) is 10.8 Å². The molecule has 0 saturated heterocycles. The molecule has 108 valence electrons. The highest BCUT2D eigenvalue weighted by Crippen LogP contribution is 2.25. The summed E-state index contributed by atoms with van der Waals surface area (Å²) in [5.74, 6) is 0.930. The van der Waals surface area contributed by atoms with Gasteiger partial charge in [-0.15, -0.1) is 11.3 Å². The van der Waals surface area contributed by atoms with Crippen LogP contribution in [0.1, 0.15) is 41.2 Å². The van der Waals surface area contributed by atoms with Crippen LogP contribution in [0.5, 0.6) is 5.75 Å². The Labute approximate surface area is 124 Å². The van der Waals surface area contributed by atoms with Gasteiger partial charge in [0.15, 0.2) is 0 Å². The van der Waals surface area contributed by atoms with Gasteiger partial charge in [-0.25, -0.2) is 4.98 Å². The smallest absolute Gasteiger partial charge is 0.128 e. The summed E-state index contributed by atoms with van der Waals surface area (Å²) in [6, 6.07) is 0.281. The van der Waals surface area contributed by atoms with Gasteiger partial charge < -0.3 is 10.1 Å². The molecule has 0 bridgehead atoms. The minimum Gasteiger partial charge on any atom is -0.496 e. The lowest BCUT2D eigenvalue weighted by Gasteiger charge is -2.16. The van der Waals surface area contributed by atoms with Crippen LogP contribution in [-0.4, -0.2) is 17.1 Å². The van der Waals surface area contributed by atoms with E-state index in [2.05, 4.69) is 29.1 Å². The van der Waals surface area contributed by atoms with Crippen LogP contribution in [0.2, 0.25) is 0 Å². The monoisotopic (exact) mass is 291 g/mol. The Morgan fingerprint density at radius 1 is 1.35 bits per heavy atom. The number of nitrogens with zero attached hydrogens (tertiary/aromatic N) is 2. The average molecular weight is 291 g/mol. The van der Waals surface area contributed by atoms with Gasteiger partial charge in [-0.05, 0) is 20.3 Å². The second kappa shape index (κ2) is 6.81. The molecule has 0 fully saturated rings. The molecule has 1 N–H and O–H groups in total. The van der Waals surface area contributed by atoms with Crippen molar-refractivity contribution < 1.29 is 4.74 Å². The van der Waals surface area contributed by atoms with Gasteiger partial charge in [0.25, 0.3) is 0 Å². The Morgan fingerprint density at radius 3 is 2.75 bits per heavy atom. The third-order valence-corrected chi connectivity index (χ3v) is 4.31. The first kappa shape index (κ1) is 14.9. The van der Waals surface area contributed by atoms with Gasteiger partial charge in [-0.1, -0.05) is 6.92 Å². The van der Waals surface area contributed by atoms with Crippen molar-refractivity contribution in [3.8, 4) is 5.75 Å². The molecular formula is C15H21N3OS. The largest absolute Gasteiger partial charge is 0.496 e. The molecule has 0 radical (unpaired) electrons. The molecule has 4 nitrogen and oxygen atoms in total. The van der Waals surface area contributed by atoms with Crippen LogP contribution in [-0.2, 0) is 6.54 Å². The molecule has 0 aliphatic heterocycles. The minimum absolute atomic E-state index is 0.281. The Bertz CT molecular complexity index is 554. The highest BCUT2D eigenvalue weighted by molar-refractivity contribution is 7.09. The zero-order chi connectivity index (χ0) is 14.5. The van der Waals surface area contributed by atoms with Crippen LogP contribution >= 0.6 is 11.3 Å². The van der Waals surface area contributed by atoms with Crippen LogP contribution in [0.15, 0.2) is 17.8 Å². The van der Waals surface area contributed by atoms with E-state index in [-0.39, 0.29) is 6.04 Å². The van der Waals surface area contributed by atoms with Gasteiger partial charge in [0.05, 0.1) is 18.8 Å². The molecule has 1 unspecified atom stereocenters. The number of nitrogens with one attached hydrogen (secondary N) is 1. The highest BCUT2D eigenvalue weighted by Gasteiger charge is 2.14. The molecule has 0 amide bonds. The first-order valence-electron chi connectivity index (χ1n) is 6.79. The minimum atomic E-state index is 0.281. The molecule has 2 aromatic heterocycles. The second-order valence-corrected chi connectivity index (χ2v) is 5.68. The number of methoxy groups -OCH3 is 1. The fourth-order valence-corrected chi connectivity index (χ4v) is 3.08.